The second-order valence-corrected chi connectivity index (χ2v) is 13.2. The summed E-state index contributed by atoms with van der Waals surface area (Å²) in [7, 11) is 2.94. The number of ether oxygens (including phenoxy) is 1. The molecule has 5 heterocycles. The highest BCUT2D eigenvalue weighted by Crippen LogP contribution is 2.48. The first kappa shape index (κ1) is 33.0. The van der Waals surface area contributed by atoms with Gasteiger partial charge in [-0.15, -0.1) is 11.3 Å². The minimum Gasteiger partial charge on any atom is -0.467 e. The monoisotopic (exact) mass is 677 g/mol. The van der Waals surface area contributed by atoms with E-state index in [9.17, 15) is 27.2 Å². The molecular formula is C32H33F6N7OS. The number of thiophene rings is 1. The van der Waals surface area contributed by atoms with Crippen LogP contribution in [-0.4, -0.2) is 73.0 Å². The molecule has 3 N–H and O–H groups in total. The van der Waals surface area contributed by atoms with E-state index in [1.807, 2.05) is 6.92 Å². The average molecular weight is 678 g/mol. The second-order valence-electron chi connectivity index (χ2n) is 12.1. The van der Waals surface area contributed by atoms with Gasteiger partial charge in [0.2, 0.25) is 0 Å². The Hall–Kier alpha value is -3.87. The summed E-state index contributed by atoms with van der Waals surface area (Å²) >= 11 is 0.707. The van der Waals surface area contributed by atoms with Crippen molar-refractivity contribution in [2.24, 2.45) is 0 Å². The van der Waals surface area contributed by atoms with Crippen LogP contribution in [0.2, 0.25) is 0 Å². The summed E-state index contributed by atoms with van der Waals surface area (Å²) in [5.41, 5.74) is 2.73. The van der Waals surface area contributed by atoms with Crippen LogP contribution in [0.1, 0.15) is 43.7 Å². The fraction of sp³-hybridized carbons (Fsp3) is 0.469. The van der Waals surface area contributed by atoms with Gasteiger partial charge in [-0.2, -0.15) is 28.4 Å². The number of fused-ring (bicyclic) bond motifs is 3. The fourth-order valence-corrected chi connectivity index (χ4v) is 8.05. The molecule has 0 spiro atoms. The number of nitrogens with two attached hydrogens (primary N) is 1. The average Bonchev–Trinajstić information content (AvgIpc) is 3.80. The third-order valence-electron chi connectivity index (χ3n) is 9.35. The van der Waals surface area contributed by atoms with Gasteiger partial charge in [0.1, 0.15) is 34.4 Å². The van der Waals surface area contributed by atoms with E-state index in [-0.39, 0.29) is 55.5 Å². The number of nitrogens with zero attached hydrogens (tertiary/aromatic N) is 5. The molecule has 0 radical (unpaired) electrons. The molecule has 3 saturated heterocycles. The van der Waals surface area contributed by atoms with Crippen molar-refractivity contribution < 1.29 is 31.1 Å². The van der Waals surface area contributed by atoms with Gasteiger partial charge in [-0.25, -0.2) is 13.2 Å². The lowest BCUT2D eigenvalue weighted by molar-refractivity contribution is -0.137. The third kappa shape index (κ3) is 5.91. The van der Waals surface area contributed by atoms with Gasteiger partial charge < -0.3 is 20.7 Å². The van der Waals surface area contributed by atoms with Gasteiger partial charge in [0.25, 0.3) is 0 Å². The first-order chi connectivity index (χ1) is 22.3. The number of rotatable bonds is 4. The highest BCUT2D eigenvalue weighted by molar-refractivity contribution is 7.23. The molecule has 0 amide bonds. The lowest BCUT2D eigenvalue weighted by atomic mass is 9.92. The Morgan fingerprint density at radius 2 is 1.98 bits per heavy atom. The number of methoxy groups -OCH3 is 1. The maximum atomic E-state index is 16.3. The Morgan fingerprint density at radius 1 is 1.21 bits per heavy atom. The van der Waals surface area contributed by atoms with E-state index in [4.69, 9.17) is 10.5 Å². The smallest absolute Gasteiger partial charge is 0.417 e. The van der Waals surface area contributed by atoms with Crippen LogP contribution in [-0.2, 0) is 6.18 Å². The van der Waals surface area contributed by atoms with E-state index in [1.165, 1.54) is 20.0 Å². The zero-order valence-corrected chi connectivity index (χ0v) is 26.7. The molecule has 250 valence electrons. The number of aromatic nitrogens is 2. The SMILES string of the molecule is COc1nc(N(C)C2CCN[C@@H]2C)c2cc(C(F)(F)F)c(-c3ccc(F)c4sc(N)c(C#N)c34)c(F)c2n1.FC1CC2CCCN2C1. The molecule has 2 aromatic carbocycles. The molecule has 4 atom stereocenters. The molecule has 47 heavy (non-hydrogen) atoms. The summed E-state index contributed by atoms with van der Waals surface area (Å²) in [5.74, 6) is -2.02. The summed E-state index contributed by atoms with van der Waals surface area (Å²) in [6.45, 7) is 4.50. The lowest BCUT2D eigenvalue weighted by Gasteiger charge is -2.30. The summed E-state index contributed by atoms with van der Waals surface area (Å²) < 4.78 is 92.2. The van der Waals surface area contributed by atoms with Crippen molar-refractivity contribution in [3.8, 4) is 23.2 Å². The van der Waals surface area contributed by atoms with Gasteiger partial charge in [-0.3, -0.25) is 4.90 Å². The number of hydrogen-bond donors (Lipinski definition) is 2. The summed E-state index contributed by atoms with van der Waals surface area (Å²) in [6.07, 6.45) is -1.51. The number of hydrogen-bond acceptors (Lipinski definition) is 9. The molecule has 7 rings (SSSR count). The first-order valence-corrected chi connectivity index (χ1v) is 16.1. The van der Waals surface area contributed by atoms with Crippen LogP contribution in [0.3, 0.4) is 0 Å². The number of nitrogen functional groups attached to an aromatic ring is 1. The maximum Gasteiger partial charge on any atom is 0.417 e. The van der Waals surface area contributed by atoms with Crippen molar-refractivity contribution in [1.82, 2.24) is 20.2 Å². The van der Waals surface area contributed by atoms with Crippen LogP contribution in [0.25, 0.3) is 32.1 Å². The van der Waals surface area contributed by atoms with Crippen molar-refractivity contribution in [2.75, 3.05) is 44.4 Å². The number of halogens is 6. The number of alkyl halides is 4. The van der Waals surface area contributed by atoms with E-state index in [1.54, 1.807) is 18.0 Å². The van der Waals surface area contributed by atoms with E-state index in [0.29, 0.717) is 36.9 Å². The third-order valence-corrected chi connectivity index (χ3v) is 10.4. The highest BCUT2D eigenvalue weighted by Gasteiger charge is 2.39. The number of nitrogens with one attached hydrogen (secondary N) is 1. The molecule has 0 aliphatic carbocycles. The number of nitriles is 1. The van der Waals surface area contributed by atoms with Crippen molar-refractivity contribution >= 4 is 43.1 Å². The topological polar surface area (TPSA) is 103 Å². The quantitative estimate of drug-likeness (QED) is 0.232. The molecule has 0 bridgehead atoms. The van der Waals surface area contributed by atoms with Gasteiger partial charge in [-0.05, 0) is 63.4 Å². The van der Waals surface area contributed by atoms with Crippen LogP contribution >= 0.6 is 11.3 Å². The van der Waals surface area contributed by atoms with Gasteiger partial charge in [0.05, 0.1) is 22.9 Å². The number of benzene rings is 2. The summed E-state index contributed by atoms with van der Waals surface area (Å²) in [4.78, 5) is 12.3. The highest BCUT2D eigenvalue weighted by atomic mass is 32.1. The molecular weight excluding hydrogens is 644 g/mol. The van der Waals surface area contributed by atoms with E-state index in [2.05, 4.69) is 20.2 Å². The van der Waals surface area contributed by atoms with Gasteiger partial charge >= 0.3 is 12.2 Å². The van der Waals surface area contributed by atoms with Crippen LogP contribution in [0.4, 0.5) is 37.2 Å². The molecule has 8 nitrogen and oxygen atoms in total. The minimum atomic E-state index is -5.02. The van der Waals surface area contributed by atoms with Crippen LogP contribution in [0.5, 0.6) is 6.01 Å². The predicted octanol–water partition coefficient (Wildman–Crippen LogP) is 6.65. The van der Waals surface area contributed by atoms with Crippen LogP contribution in [0, 0.1) is 23.0 Å². The minimum absolute atomic E-state index is 0.00293. The van der Waals surface area contributed by atoms with Gasteiger partial charge in [0, 0.05) is 48.1 Å². The zero-order valence-electron chi connectivity index (χ0n) is 25.9. The van der Waals surface area contributed by atoms with E-state index >= 15 is 4.39 Å². The number of likely N-dealkylation sites (N-methyl/N-ethyl adjacent to an activating group) is 1. The Bertz CT molecular complexity index is 1860. The molecule has 2 aromatic heterocycles. The molecule has 4 aromatic rings. The molecule has 3 aliphatic heterocycles. The van der Waals surface area contributed by atoms with Crippen molar-refractivity contribution in [3.05, 3.63) is 41.0 Å². The van der Waals surface area contributed by atoms with Gasteiger partial charge in [-0.1, -0.05) is 6.07 Å². The van der Waals surface area contributed by atoms with E-state index < -0.39 is 40.6 Å². The standard InChI is InChI=1S/C25H21F5N6OS.C7H12FN/c1-10-16(6-7-33-10)36(2)23-12-8-14(25(28,29)30)18(19(27)20(12)34-24(35-23)37-3)11-4-5-15(26)21-17(11)13(9-31)22(32)38-21;8-6-4-7-2-1-3-9(7)5-6/h4-5,8,10,16,33H,6-7,32H2,1-3H3;6-7H,1-5H2/t10-,16?;/m1./s1. The van der Waals surface area contributed by atoms with Crippen molar-refractivity contribution in [2.45, 2.75) is 63.1 Å². The maximum absolute atomic E-state index is 16.3. The summed E-state index contributed by atoms with van der Waals surface area (Å²) in [6, 6.07) is 4.79. The molecule has 3 fully saturated rings. The van der Waals surface area contributed by atoms with Crippen LogP contribution < -0.4 is 20.7 Å². The normalized spacial score (nSPS) is 22.7. The Labute approximate surface area is 271 Å². The number of anilines is 2. The molecule has 3 unspecified atom stereocenters. The molecule has 3 aliphatic rings. The van der Waals surface area contributed by atoms with Crippen molar-refractivity contribution in [1.29, 1.82) is 5.26 Å². The van der Waals surface area contributed by atoms with Crippen LogP contribution in [0.15, 0.2) is 18.2 Å². The molecule has 15 heteroatoms. The largest absolute Gasteiger partial charge is 0.467 e. The first-order valence-electron chi connectivity index (χ1n) is 15.2. The summed E-state index contributed by atoms with van der Waals surface area (Å²) in [5, 5.41) is 12.5. The zero-order chi connectivity index (χ0) is 33.8. The fourth-order valence-electron chi connectivity index (χ4n) is 7.10. The predicted molar refractivity (Wildman–Crippen MR) is 169 cm³/mol. The van der Waals surface area contributed by atoms with Crippen molar-refractivity contribution in [3.63, 3.8) is 0 Å². The second kappa shape index (κ2) is 12.6. The molecule has 0 saturated carbocycles. The Kier molecular flexibility index (Phi) is 8.88. The van der Waals surface area contributed by atoms with E-state index in [0.717, 1.165) is 31.2 Å². The van der Waals surface area contributed by atoms with Gasteiger partial charge in [0.15, 0.2) is 5.82 Å². The Balaban J connectivity index is 0.000000366. The lowest BCUT2D eigenvalue weighted by Crippen LogP contribution is -2.40. The Morgan fingerprint density at radius 3 is 2.62 bits per heavy atom.